The van der Waals surface area contributed by atoms with Crippen molar-refractivity contribution in [2.75, 3.05) is 5.73 Å². The molecule has 64 valence electrons. The van der Waals surface area contributed by atoms with Crippen molar-refractivity contribution in [3.8, 4) is 0 Å². The Morgan fingerprint density at radius 2 is 2.17 bits per heavy atom. The first-order valence-electron chi connectivity index (χ1n) is 4.09. The minimum atomic E-state index is 0.694. The molecule has 0 saturated carbocycles. The third-order valence-corrected chi connectivity index (χ3v) is 2.19. The molecular weight excluding hydrogens is 148 g/mol. The Bertz CT molecular complexity index is 303. The monoisotopic (exact) mass is 162 g/mol. The molecular formula is C10H14N2. The summed E-state index contributed by atoms with van der Waals surface area (Å²) in [4.78, 5) is 0. The minimum Gasteiger partial charge on any atom is -0.398 e. The van der Waals surface area contributed by atoms with Crippen LogP contribution in [0.15, 0.2) is 12.1 Å². The number of benzene rings is 1. The number of rotatable bonds is 2. The van der Waals surface area contributed by atoms with Crippen LogP contribution in [0.5, 0.6) is 0 Å². The zero-order valence-electron chi connectivity index (χ0n) is 7.52. The fourth-order valence-corrected chi connectivity index (χ4v) is 1.37. The number of hydrogen-bond donors (Lipinski definition) is 2. The van der Waals surface area contributed by atoms with Gasteiger partial charge in [-0.15, -0.1) is 0 Å². The Kier molecular flexibility index (Phi) is 2.48. The Hall–Kier alpha value is -1.31. The highest BCUT2D eigenvalue weighted by atomic mass is 14.6. The van der Waals surface area contributed by atoms with Crippen LogP contribution in [0.25, 0.3) is 0 Å². The zero-order valence-corrected chi connectivity index (χ0v) is 7.52. The first kappa shape index (κ1) is 8.78. The van der Waals surface area contributed by atoms with Gasteiger partial charge in [0.1, 0.15) is 0 Å². The largest absolute Gasteiger partial charge is 0.398 e. The maximum Gasteiger partial charge on any atom is 0.0405 e. The number of hydrogen-bond acceptors (Lipinski definition) is 2. The lowest BCUT2D eigenvalue weighted by Crippen LogP contribution is -1.99. The molecule has 0 aliphatic heterocycles. The SMILES string of the molecule is CCc1ccc(N)c(C=N)c1C. The van der Waals surface area contributed by atoms with E-state index in [9.17, 15) is 0 Å². The van der Waals surface area contributed by atoms with Crippen LogP contribution in [0, 0.1) is 12.3 Å². The zero-order chi connectivity index (χ0) is 9.14. The van der Waals surface area contributed by atoms with Gasteiger partial charge in [-0.3, -0.25) is 0 Å². The van der Waals surface area contributed by atoms with Gasteiger partial charge in [0.05, 0.1) is 0 Å². The van der Waals surface area contributed by atoms with Crippen LogP contribution in [0.3, 0.4) is 0 Å². The summed E-state index contributed by atoms with van der Waals surface area (Å²) in [5.74, 6) is 0. The van der Waals surface area contributed by atoms with Gasteiger partial charge in [-0.2, -0.15) is 0 Å². The van der Waals surface area contributed by atoms with Crippen molar-refractivity contribution in [3.05, 3.63) is 28.8 Å². The van der Waals surface area contributed by atoms with E-state index in [1.54, 1.807) is 0 Å². The number of aryl methyl sites for hydroxylation is 1. The van der Waals surface area contributed by atoms with E-state index in [2.05, 4.69) is 6.92 Å². The van der Waals surface area contributed by atoms with Gasteiger partial charge < -0.3 is 11.1 Å². The summed E-state index contributed by atoms with van der Waals surface area (Å²) in [5, 5.41) is 7.19. The molecule has 12 heavy (non-hydrogen) atoms. The molecule has 0 amide bonds. The van der Waals surface area contributed by atoms with Crippen LogP contribution in [0.4, 0.5) is 5.69 Å². The third-order valence-electron chi connectivity index (χ3n) is 2.19. The predicted molar refractivity (Wildman–Crippen MR) is 52.9 cm³/mol. The van der Waals surface area contributed by atoms with Crippen LogP contribution in [-0.2, 0) is 6.42 Å². The fraction of sp³-hybridized carbons (Fsp3) is 0.300. The summed E-state index contributed by atoms with van der Waals surface area (Å²) in [6.45, 7) is 4.11. The molecule has 0 aliphatic carbocycles. The number of nitrogen functional groups attached to an aromatic ring is 1. The first-order valence-corrected chi connectivity index (χ1v) is 4.09. The second-order valence-electron chi connectivity index (χ2n) is 2.85. The van der Waals surface area contributed by atoms with E-state index in [0.29, 0.717) is 5.69 Å². The van der Waals surface area contributed by atoms with Crippen molar-refractivity contribution in [1.29, 1.82) is 5.41 Å². The number of anilines is 1. The van der Waals surface area contributed by atoms with E-state index >= 15 is 0 Å². The van der Waals surface area contributed by atoms with Gasteiger partial charge in [-0.05, 0) is 30.5 Å². The Labute approximate surface area is 72.9 Å². The molecule has 0 bridgehead atoms. The van der Waals surface area contributed by atoms with Crippen LogP contribution < -0.4 is 5.73 Å². The fourth-order valence-electron chi connectivity index (χ4n) is 1.37. The van der Waals surface area contributed by atoms with Gasteiger partial charge >= 0.3 is 0 Å². The summed E-state index contributed by atoms with van der Waals surface area (Å²) in [6, 6.07) is 3.89. The number of nitrogens with one attached hydrogen (secondary N) is 1. The molecule has 0 aromatic heterocycles. The van der Waals surface area contributed by atoms with Crippen LogP contribution in [0.1, 0.15) is 23.6 Å². The predicted octanol–water partition coefficient (Wildman–Crippen LogP) is 2.14. The molecule has 1 aromatic rings. The van der Waals surface area contributed by atoms with E-state index in [-0.39, 0.29) is 0 Å². The van der Waals surface area contributed by atoms with Crippen LogP contribution in [0.2, 0.25) is 0 Å². The third kappa shape index (κ3) is 1.33. The molecule has 0 atom stereocenters. The Morgan fingerprint density at radius 3 is 2.67 bits per heavy atom. The lowest BCUT2D eigenvalue weighted by molar-refractivity contribution is 1.11. The average Bonchev–Trinajstić information content (AvgIpc) is 2.06. The highest BCUT2D eigenvalue weighted by molar-refractivity contribution is 5.87. The molecule has 2 heteroatoms. The molecule has 0 heterocycles. The lowest BCUT2D eigenvalue weighted by atomic mass is 10.00. The normalized spacial score (nSPS) is 9.83. The summed E-state index contributed by atoms with van der Waals surface area (Å²) < 4.78 is 0. The van der Waals surface area contributed by atoms with Gasteiger partial charge in [-0.25, -0.2) is 0 Å². The molecule has 1 rings (SSSR count). The molecule has 0 unspecified atom stereocenters. The Morgan fingerprint density at radius 1 is 1.50 bits per heavy atom. The second-order valence-corrected chi connectivity index (χ2v) is 2.85. The molecule has 1 aromatic carbocycles. The van der Waals surface area contributed by atoms with Gasteiger partial charge in [0.2, 0.25) is 0 Å². The van der Waals surface area contributed by atoms with Crippen LogP contribution >= 0.6 is 0 Å². The summed E-state index contributed by atoms with van der Waals surface area (Å²) in [6.07, 6.45) is 2.32. The van der Waals surface area contributed by atoms with Gasteiger partial charge in [0.25, 0.3) is 0 Å². The van der Waals surface area contributed by atoms with Crippen molar-refractivity contribution in [1.82, 2.24) is 0 Å². The summed E-state index contributed by atoms with van der Waals surface area (Å²) >= 11 is 0. The van der Waals surface area contributed by atoms with Crippen LogP contribution in [-0.4, -0.2) is 6.21 Å². The molecule has 0 radical (unpaired) electrons. The molecule has 0 spiro atoms. The lowest BCUT2D eigenvalue weighted by Gasteiger charge is -2.08. The van der Waals surface area contributed by atoms with Gasteiger partial charge in [0, 0.05) is 17.5 Å². The van der Waals surface area contributed by atoms with Gasteiger partial charge in [0.15, 0.2) is 0 Å². The highest BCUT2D eigenvalue weighted by Gasteiger charge is 2.03. The highest BCUT2D eigenvalue weighted by Crippen LogP contribution is 2.18. The standard InChI is InChI=1S/C10H14N2/c1-3-8-4-5-10(12)9(6-11)7(8)2/h4-6,11H,3,12H2,1-2H3. The molecule has 2 nitrogen and oxygen atoms in total. The maximum atomic E-state index is 7.19. The van der Waals surface area contributed by atoms with E-state index in [1.165, 1.54) is 11.8 Å². The van der Waals surface area contributed by atoms with Crippen molar-refractivity contribution in [2.45, 2.75) is 20.3 Å². The average molecular weight is 162 g/mol. The molecule has 0 saturated heterocycles. The van der Waals surface area contributed by atoms with E-state index < -0.39 is 0 Å². The van der Waals surface area contributed by atoms with Crippen molar-refractivity contribution in [3.63, 3.8) is 0 Å². The van der Waals surface area contributed by atoms with Crippen molar-refractivity contribution >= 4 is 11.9 Å². The minimum absolute atomic E-state index is 0.694. The topological polar surface area (TPSA) is 49.9 Å². The second kappa shape index (κ2) is 3.39. The molecule has 3 N–H and O–H groups in total. The van der Waals surface area contributed by atoms with Gasteiger partial charge in [-0.1, -0.05) is 13.0 Å². The summed E-state index contributed by atoms with van der Waals surface area (Å²) in [5.41, 5.74) is 9.65. The smallest absolute Gasteiger partial charge is 0.0405 e. The summed E-state index contributed by atoms with van der Waals surface area (Å²) in [7, 11) is 0. The van der Waals surface area contributed by atoms with E-state index in [0.717, 1.165) is 17.5 Å². The van der Waals surface area contributed by atoms with E-state index in [4.69, 9.17) is 11.1 Å². The Balaban J connectivity index is 3.33. The van der Waals surface area contributed by atoms with Crippen molar-refractivity contribution in [2.24, 2.45) is 0 Å². The molecule has 0 aliphatic rings. The number of nitrogens with two attached hydrogens (primary N) is 1. The van der Waals surface area contributed by atoms with E-state index in [1.807, 2.05) is 19.1 Å². The first-order chi connectivity index (χ1) is 5.70. The maximum absolute atomic E-state index is 7.19. The quantitative estimate of drug-likeness (QED) is 0.508. The van der Waals surface area contributed by atoms with Crippen molar-refractivity contribution < 1.29 is 0 Å². The molecule has 0 fully saturated rings.